The predicted molar refractivity (Wildman–Crippen MR) is 81.6 cm³/mol. The van der Waals surface area contributed by atoms with Crippen molar-refractivity contribution in [1.82, 2.24) is 19.7 Å². The van der Waals surface area contributed by atoms with Crippen LogP contribution in [-0.2, 0) is 11.3 Å². The zero-order valence-electron chi connectivity index (χ0n) is 12.7. The van der Waals surface area contributed by atoms with Crippen molar-refractivity contribution in [2.24, 2.45) is 11.3 Å². The standard InChI is InChI=1S/C14H20N4O3S/c1-16(2)13(21)18-5-10-4-17(6-11-3-15-9-22-11)7-14(10,8-18)12(19)20/h3,9-10H,4-8H2,1-2H3,(H,19,20). The van der Waals surface area contributed by atoms with Crippen molar-refractivity contribution in [2.45, 2.75) is 6.54 Å². The lowest BCUT2D eigenvalue weighted by molar-refractivity contribution is -0.148. The number of carboxylic acids is 1. The maximum atomic E-state index is 12.1. The average molecular weight is 324 g/mol. The fourth-order valence-corrected chi connectivity index (χ4v) is 4.20. The first kappa shape index (κ1) is 15.2. The molecule has 0 radical (unpaired) electrons. The molecule has 0 aliphatic carbocycles. The van der Waals surface area contributed by atoms with Gasteiger partial charge in [0, 0.05) is 63.8 Å². The topological polar surface area (TPSA) is 77.0 Å². The zero-order chi connectivity index (χ0) is 15.9. The van der Waals surface area contributed by atoms with E-state index in [-0.39, 0.29) is 11.9 Å². The third-order valence-electron chi connectivity index (χ3n) is 4.62. The summed E-state index contributed by atoms with van der Waals surface area (Å²) in [5.41, 5.74) is 0.951. The van der Waals surface area contributed by atoms with Gasteiger partial charge in [0.2, 0.25) is 0 Å². The number of fused-ring (bicyclic) bond motifs is 1. The van der Waals surface area contributed by atoms with E-state index < -0.39 is 11.4 Å². The van der Waals surface area contributed by atoms with E-state index in [9.17, 15) is 14.7 Å². The van der Waals surface area contributed by atoms with E-state index in [0.29, 0.717) is 26.2 Å². The first-order chi connectivity index (χ1) is 10.4. The molecule has 1 N–H and O–H groups in total. The highest BCUT2D eigenvalue weighted by molar-refractivity contribution is 7.09. The second kappa shape index (κ2) is 5.51. The summed E-state index contributed by atoms with van der Waals surface area (Å²) in [6, 6.07) is -0.107. The zero-order valence-corrected chi connectivity index (χ0v) is 13.5. The highest BCUT2D eigenvalue weighted by atomic mass is 32.1. The number of urea groups is 1. The largest absolute Gasteiger partial charge is 0.481 e. The van der Waals surface area contributed by atoms with Crippen molar-refractivity contribution in [2.75, 3.05) is 40.3 Å². The van der Waals surface area contributed by atoms with Gasteiger partial charge in [-0.15, -0.1) is 11.3 Å². The molecule has 0 bridgehead atoms. The molecule has 22 heavy (non-hydrogen) atoms. The van der Waals surface area contributed by atoms with Crippen molar-refractivity contribution in [3.63, 3.8) is 0 Å². The van der Waals surface area contributed by atoms with Crippen LogP contribution in [0.25, 0.3) is 0 Å². The molecule has 2 aliphatic rings. The normalized spacial score (nSPS) is 27.9. The first-order valence-corrected chi connectivity index (χ1v) is 8.10. The first-order valence-electron chi connectivity index (χ1n) is 7.22. The number of carbonyl (C=O) groups excluding carboxylic acids is 1. The van der Waals surface area contributed by atoms with Crippen LogP contribution in [0.4, 0.5) is 4.79 Å². The van der Waals surface area contributed by atoms with Crippen LogP contribution >= 0.6 is 11.3 Å². The highest BCUT2D eigenvalue weighted by Gasteiger charge is 2.58. The van der Waals surface area contributed by atoms with E-state index in [4.69, 9.17) is 0 Å². The van der Waals surface area contributed by atoms with Gasteiger partial charge in [-0.25, -0.2) is 4.79 Å². The average Bonchev–Trinajstić information content (AvgIpc) is 3.12. The molecule has 2 atom stereocenters. The number of aliphatic carboxylic acids is 1. The molecule has 0 saturated carbocycles. The number of thiazole rings is 1. The molecule has 1 aromatic rings. The molecule has 2 fully saturated rings. The van der Waals surface area contributed by atoms with E-state index >= 15 is 0 Å². The fourth-order valence-electron chi connectivity index (χ4n) is 3.56. The Morgan fingerprint density at radius 3 is 2.77 bits per heavy atom. The van der Waals surface area contributed by atoms with E-state index in [0.717, 1.165) is 11.4 Å². The maximum Gasteiger partial charge on any atom is 0.319 e. The Bertz CT molecular complexity index is 577. The van der Waals surface area contributed by atoms with Gasteiger partial charge in [-0.05, 0) is 0 Å². The summed E-state index contributed by atoms with van der Waals surface area (Å²) in [5, 5.41) is 9.77. The molecule has 0 aromatic carbocycles. The van der Waals surface area contributed by atoms with Crippen molar-refractivity contribution in [3.8, 4) is 0 Å². The number of carboxylic acid groups (broad SMARTS) is 1. The Morgan fingerprint density at radius 1 is 1.45 bits per heavy atom. The van der Waals surface area contributed by atoms with Gasteiger partial charge in [0.05, 0.1) is 5.51 Å². The Hall–Kier alpha value is -1.67. The van der Waals surface area contributed by atoms with Crippen molar-refractivity contribution >= 4 is 23.3 Å². The van der Waals surface area contributed by atoms with Gasteiger partial charge in [-0.2, -0.15) is 0 Å². The van der Waals surface area contributed by atoms with Crippen molar-refractivity contribution in [3.05, 3.63) is 16.6 Å². The number of carbonyl (C=O) groups is 2. The van der Waals surface area contributed by atoms with Gasteiger partial charge >= 0.3 is 12.0 Å². The molecule has 120 valence electrons. The van der Waals surface area contributed by atoms with E-state index in [2.05, 4.69) is 9.88 Å². The van der Waals surface area contributed by atoms with Crippen LogP contribution in [0.15, 0.2) is 11.7 Å². The van der Waals surface area contributed by atoms with Crippen molar-refractivity contribution in [1.29, 1.82) is 0 Å². The molecule has 1 aromatic heterocycles. The Balaban J connectivity index is 1.74. The van der Waals surface area contributed by atoms with Crippen molar-refractivity contribution < 1.29 is 14.7 Å². The summed E-state index contributed by atoms with van der Waals surface area (Å²) >= 11 is 1.58. The van der Waals surface area contributed by atoms with Crippen LogP contribution in [0.5, 0.6) is 0 Å². The summed E-state index contributed by atoms with van der Waals surface area (Å²) in [5.74, 6) is -0.805. The van der Waals surface area contributed by atoms with E-state index in [1.807, 2.05) is 6.20 Å². The molecule has 0 spiro atoms. The van der Waals surface area contributed by atoms with E-state index in [1.54, 1.807) is 35.8 Å². The van der Waals surface area contributed by atoms with Crippen LogP contribution in [0.2, 0.25) is 0 Å². The molecule has 7 nitrogen and oxygen atoms in total. The second-order valence-electron chi connectivity index (χ2n) is 6.35. The SMILES string of the molecule is CN(C)C(=O)N1CC2CN(Cc3cncs3)CC2(C(=O)O)C1. The lowest BCUT2D eigenvalue weighted by Crippen LogP contribution is -2.44. The monoisotopic (exact) mass is 324 g/mol. The van der Waals surface area contributed by atoms with Crippen LogP contribution < -0.4 is 0 Å². The summed E-state index contributed by atoms with van der Waals surface area (Å²) in [4.78, 5) is 34.6. The molecule has 2 aliphatic heterocycles. The molecule has 2 unspecified atom stereocenters. The Kier molecular flexibility index (Phi) is 3.82. The number of rotatable bonds is 3. The number of nitrogens with zero attached hydrogens (tertiary/aromatic N) is 4. The molecule has 8 heteroatoms. The molecule has 3 rings (SSSR count). The summed E-state index contributed by atoms with van der Waals surface area (Å²) < 4.78 is 0. The smallest absolute Gasteiger partial charge is 0.319 e. The van der Waals surface area contributed by atoms with Gasteiger partial charge in [0.25, 0.3) is 0 Å². The Labute approximate surface area is 133 Å². The molecule has 2 amide bonds. The quantitative estimate of drug-likeness (QED) is 0.883. The number of hydrogen-bond acceptors (Lipinski definition) is 5. The van der Waals surface area contributed by atoms with E-state index in [1.165, 1.54) is 4.90 Å². The summed E-state index contributed by atoms with van der Waals surface area (Å²) in [6.07, 6.45) is 1.83. The van der Waals surface area contributed by atoms with Crippen LogP contribution in [0, 0.1) is 11.3 Å². The van der Waals surface area contributed by atoms with Gasteiger partial charge in [0.15, 0.2) is 0 Å². The number of likely N-dealkylation sites (tertiary alicyclic amines) is 2. The minimum Gasteiger partial charge on any atom is -0.481 e. The lowest BCUT2D eigenvalue weighted by Gasteiger charge is -2.26. The molecule has 3 heterocycles. The third kappa shape index (κ3) is 2.46. The van der Waals surface area contributed by atoms with Gasteiger partial charge in [-0.3, -0.25) is 14.7 Å². The molecular formula is C14H20N4O3S. The number of amides is 2. The number of hydrogen-bond donors (Lipinski definition) is 1. The maximum absolute atomic E-state index is 12.1. The van der Waals surface area contributed by atoms with Gasteiger partial charge < -0.3 is 14.9 Å². The minimum atomic E-state index is -0.837. The summed E-state index contributed by atoms with van der Waals surface area (Å²) in [6.45, 7) is 2.74. The fraction of sp³-hybridized carbons (Fsp3) is 0.643. The second-order valence-corrected chi connectivity index (χ2v) is 7.32. The Morgan fingerprint density at radius 2 is 2.23 bits per heavy atom. The number of aromatic nitrogens is 1. The summed E-state index contributed by atoms with van der Waals surface area (Å²) in [7, 11) is 3.39. The highest BCUT2D eigenvalue weighted by Crippen LogP contribution is 2.43. The molecule has 2 saturated heterocycles. The van der Waals surface area contributed by atoms with Crippen LogP contribution in [-0.4, -0.2) is 77.1 Å². The minimum absolute atomic E-state index is 0.0122. The van der Waals surface area contributed by atoms with Crippen LogP contribution in [0.1, 0.15) is 4.88 Å². The van der Waals surface area contributed by atoms with Crippen LogP contribution in [0.3, 0.4) is 0 Å². The predicted octanol–water partition coefficient (Wildman–Crippen LogP) is 0.643. The molecular weight excluding hydrogens is 304 g/mol. The third-order valence-corrected chi connectivity index (χ3v) is 5.39. The van der Waals surface area contributed by atoms with Gasteiger partial charge in [-0.1, -0.05) is 0 Å². The van der Waals surface area contributed by atoms with Gasteiger partial charge in [0.1, 0.15) is 5.41 Å². The lowest BCUT2D eigenvalue weighted by atomic mass is 9.81.